The average molecular weight is 559 g/mol. The van der Waals surface area contributed by atoms with Crippen LogP contribution in [0.4, 0.5) is 20.4 Å². The van der Waals surface area contributed by atoms with Crippen LogP contribution in [0.1, 0.15) is 6.92 Å². The number of benzene rings is 2. The van der Waals surface area contributed by atoms with E-state index in [9.17, 15) is 13.6 Å². The van der Waals surface area contributed by atoms with E-state index in [4.69, 9.17) is 15.2 Å². The highest BCUT2D eigenvalue weighted by Crippen LogP contribution is 2.28. The van der Waals surface area contributed by atoms with Crippen LogP contribution in [0.5, 0.6) is 11.5 Å². The van der Waals surface area contributed by atoms with Crippen molar-refractivity contribution in [2.24, 2.45) is 0 Å². The van der Waals surface area contributed by atoms with Gasteiger partial charge in [-0.25, -0.2) is 27.8 Å². The molecule has 6 aromatic rings. The number of carbonyl (C=O) groups is 1. The minimum atomic E-state index is -0.474. The Morgan fingerprint density at radius 2 is 1.29 bits per heavy atom. The van der Waals surface area contributed by atoms with E-state index in [2.05, 4.69) is 25.5 Å². The maximum Gasteiger partial charge on any atom is 0.222 e. The van der Waals surface area contributed by atoms with E-state index < -0.39 is 11.6 Å². The summed E-state index contributed by atoms with van der Waals surface area (Å²) < 4.78 is 40.7. The summed E-state index contributed by atoms with van der Waals surface area (Å²) in [5.41, 5.74) is 9.45. The topological polar surface area (TPSA) is 134 Å². The number of halogens is 2. The van der Waals surface area contributed by atoms with Crippen LogP contribution in [0, 0.1) is 11.6 Å². The lowest BCUT2D eigenvalue weighted by molar-refractivity contribution is -0.114. The molecule has 4 aromatic heterocycles. The monoisotopic (exact) mass is 558 g/mol. The second-order valence-electron chi connectivity index (χ2n) is 8.68. The van der Waals surface area contributed by atoms with Gasteiger partial charge in [0.15, 0.2) is 34.4 Å². The number of amides is 1. The number of hydrogen-bond acceptors (Lipinski definition) is 8. The first-order valence-corrected chi connectivity index (χ1v) is 12.2. The number of hydrogen-bond donors (Lipinski definition) is 2. The molecule has 13 heteroatoms. The van der Waals surface area contributed by atoms with E-state index in [1.165, 1.54) is 33.3 Å². The number of aromatic nitrogens is 6. The highest BCUT2D eigenvalue weighted by Gasteiger charge is 2.13. The van der Waals surface area contributed by atoms with Gasteiger partial charge in [-0.3, -0.25) is 4.79 Å². The van der Waals surface area contributed by atoms with Crippen molar-refractivity contribution in [2.45, 2.75) is 6.92 Å². The zero-order valence-corrected chi connectivity index (χ0v) is 22.2. The maximum atomic E-state index is 13.9. The van der Waals surface area contributed by atoms with E-state index in [0.29, 0.717) is 45.4 Å². The molecule has 0 atom stereocenters. The van der Waals surface area contributed by atoms with Crippen LogP contribution < -0.4 is 20.5 Å². The number of rotatable bonds is 5. The zero-order chi connectivity index (χ0) is 29.1. The second-order valence-corrected chi connectivity index (χ2v) is 8.68. The van der Waals surface area contributed by atoms with Crippen molar-refractivity contribution < 1.29 is 23.0 Å². The summed E-state index contributed by atoms with van der Waals surface area (Å²) in [5.74, 6) is -0.0397. The van der Waals surface area contributed by atoms with Crippen LogP contribution in [0.25, 0.3) is 33.8 Å². The lowest BCUT2D eigenvalue weighted by Gasteiger charge is -2.10. The van der Waals surface area contributed by atoms with Gasteiger partial charge in [0.05, 0.1) is 38.0 Å². The number of anilines is 2. The molecule has 6 rings (SSSR count). The van der Waals surface area contributed by atoms with E-state index in [1.54, 1.807) is 70.0 Å². The minimum absolute atomic E-state index is 0.164. The summed E-state index contributed by atoms with van der Waals surface area (Å²) in [6.07, 6.45) is 3.20. The van der Waals surface area contributed by atoms with Crippen LogP contribution >= 0.6 is 0 Å². The van der Waals surface area contributed by atoms with Crippen LogP contribution in [0.15, 0.2) is 73.1 Å². The fourth-order valence-corrected chi connectivity index (χ4v) is 4.15. The first-order chi connectivity index (χ1) is 19.8. The number of methoxy groups -OCH3 is 2. The molecular weight excluding hydrogens is 534 g/mol. The Morgan fingerprint density at radius 3 is 1.78 bits per heavy atom. The molecule has 0 fully saturated rings. The van der Waals surface area contributed by atoms with Crippen molar-refractivity contribution in [3.05, 3.63) is 84.7 Å². The third-order valence-electron chi connectivity index (χ3n) is 5.94. The Labute approximate surface area is 232 Å². The molecular formula is C28H24F2N8O3. The van der Waals surface area contributed by atoms with Crippen LogP contribution in [0.2, 0.25) is 0 Å². The molecule has 4 heterocycles. The van der Waals surface area contributed by atoms with Gasteiger partial charge in [0.2, 0.25) is 5.91 Å². The quantitative estimate of drug-likeness (QED) is 0.313. The summed E-state index contributed by atoms with van der Waals surface area (Å²) >= 11 is 0. The van der Waals surface area contributed by atoms with Crippen molar-refractivity contribution in [2.75, 3.05) is 25.3 Å². The van der Waals surface area contributed by atoms with Gasteiger partial charge in [0.25, 0.3) is 0 Å². The van der Waals surface area contributed by atoms with Gasteiger partial charge in [-0.1, -0.05) is 0 Å². The smallest absolute Gasteiger partial charge is 0.222 e. The number of fused-ring (bicyclic) bond motifs is 2. The van der Waals surface area contributed by atoms with Crippen molar-refractivity contribution in [1.29, 1.82) is 0 Å². The van der Waals surface area contributed by atoms with Crippen molar-refractivity contribution in [1.82, 2.24) is 29.2 Å². The summed E-state index contributed by atoms with van der Waals surface area (Å²) in [6, 6.07) is 16.0. The zero-order valence-electron chi connectivity index (χ0n) is 22.2. The maximum absolute atomic E-state index is 13.9. The van der Waals surface area contributed by atoms with E-state index in [-0.39, 0.29) is 17.4 Å². The SMILES string of the molecule is COc1ccc(-c2cc(N)nc3ccnn23)cc1F.COc1ccc(-c2cc(NC(C)=O)nc3ccnn23)cc1F. The number of ether oxygens (including phenoxy) is 2. The van der Waals surface area contributed by atoms with Crippen LogP contribution in [0.3, 0.4) is 0 Å². The normalized spacial score (nSPS) is 10.8. The number of nitrogens with one attached hydrogen (secondary N) is 1. The van der Waals surface area contributed by atoms with Crippen LogP contribution in [-0.2, 0) is 4.79 Å². The van der Waals surface area contributed by atoms with Crippen molar-refractivity contribution in [3.8, 4) is 34.0 Å². The fourth-order valence-electron chi connectivity index (χ4n) is 4.15. The first-order valence-electron chi connectivity index (χ1n) is 12.2. The molecule has 0 aliphatic rings. The van der Waals surface area contributed by atoms with Gasteiger partial charge in [-0.15, -0.1) is 0 Å². The highest BCUT2D eigenvalue weighted by atomic mass is 19.1. The molecule has 0 spiro atoms. The van der Waals surface area contributed by atoms with E-state index in [0.717, 1.165) is 0 Å². The molecule has 2 aromatic carbocycles. The van der Waals surface area contributed by atoms with Gasteiger partial charge in [0.1, 0.15) is 11.6 Å². The van der Waals surface area contributed by atoms with Crippen molar-refractivity contribution >= 4 is 28.8 Å². The predicted molar refractivity (Wildman–Crippen MR) is 149 cm³/mol. The molecule has 0 bridgehead atoms. The average Bonchev–Trinajstić information content (AvgIpc) is 3.61. The van der Waals surface area contributed by atoms with Gasteiger partial charge in [0, 0.05) is 42.3 Å². The Bertz CT molecular complexity index is 1890. The fraction of sp³-hybridized carbons (Fsp3) is 0.107. The summed E-state index contributed by atoms with van der Waals surface area (Å²) in [7, 11) is 2.83. The van der Waals surface area contributed by atoms with Gasteiger partial charge in [-0.2, -0.15) is 10.2 Å². The number of nitrogen functional groups attached to an aromatic ring is 1. The number of nitrogens with zero attached hydrogens (tertiary/aromatic N) is 6. The lowest BCUT2D eigenvalue weighted by atomic mass is 10.1. The van der Waals surface area contributed by atoms with Crippen molar-refractivity contribution in [3.63, 3.8) is 0 Å². The molecule has 41 heavy (non-hydrogen) atoms. The van der Waals surface area contributed by atoms with E-state index >= 15 is 0 Å². The molecule has 0 saturated heterocycles. The molecule has 0 unspecified atom stereocenters. The molecule has 1 amide bonds. The Hall–Kier alpha value is -5.59. The molecule has 0 radical (unpaired) electrons. The summed E-state index contributed by atoms with van der Waals surface area (Å²) in [5, 5.41) is 11.0. The predicted octanol–water partition coefficient (Wildman–Crippen LogP) is 4.63. The first kappa shape index (κ1) is 27.0. The summed E-state index contributed by atoms with van der Waals surface area (Å²) in [6.45, 7) is 1.40. The largest absolute Gasteiger partial charge is 0.494 e. The molecule has 0 aliphatic carbocycles. The third-order valence-corrected chi connectivity index (χ3v) is 5.94. The molecule has 0 aliphatic heterocycles. The lowest BCUT2D eigenvalue weighted by Crippen LogP contribution is -2.09. The van der Waals surface area contributed by atoms with E-state index in [1.807, 2.05) is 0 Å². The number of nitrogens with two attached hydrogens (primary N) is 1. The minimum Gasteiger partial charge on any atom is -0.494 e. The molecule has 3 N–H and O–H groups in total. The summed E-state index contributed by atoms with van der Waals surface area (Å²) in [4.78, 5) is 19.6. The van der Waals surface area contributed by atoms with Gasteiger partial charge < -0.3 is 20.5 Å². The molecule has 0 saturated carbocycles. The third kappa shape index (κ3) is 5.59. The number of carbonyl (C=O) groups excluding carboxylic acids is 1. The second kappa shape index (κ2) is 11.3. The Morgan fingerprint density at radius 1 is 0.780 bits per heavy atom. The molecule has 208 valence electrons. The van der Waals surface area contributed by atoms with Gasteiger partial charge in [-0.05, 0) is 36.4 Å². The Balaban J connectivity index is 0.000000166. The van der Waals surface area contributed by atoms with Gasteiger partial charge >= 0.3 is 0 Å². The van der Waals surface area contributed by atoms with Crippen LogP contribution in [-0.4, -0.2) is 49.3 Å². The Kier molecular flexibility index (Phi) is 7.41. The molecule has 11 nitrogen and oxygen atoms in total. The highest BCUT2D eigenvalue weighted by molar-refractivity contribution is 5.88. The standard InChI is InChI=1S/C15H13FN4O2.C13H11FN4O/c1-9(21)18-14-8-12(20-15(19-14)5-6-17-20)10-3-4-13(22-2)11(16)7-10;1-19-11-3-2-8(6-9(11)14)10-7-12(15)17-13-4-5-16-18(10)13/h3-8H,1-2H3,(H,18,19,21);2-7H,1H3,(H2,15,17).